The van der Waals surface area contributed by atoms with E-state index < -0.39 is 0 Å². The van der Waals surface area contributed by atoms with Crippen molar-refractivity contribution < 1.29 is 0 Å². The van der Waals surface area contributed by atoms with E-state index in [1.807, 2.05) is 11.3 Å². The first-order chi connectivity index (χ1) is 7.83. The molecular formula is C13H18N2S. The van der Waals surface area contributed by atoms with Crippen molar-refractivity contribution in [2.24, 2.45) is 0 Å². The molecule has 3 heteroatoms. The van der Waals surface area contributed by atoms with Crippen LogP contribution in [0.4, 0.5) is 0 Å². The van der Waals surface area contributed by atoms with Crippen molar-refractivity contribution in [2.45, 2.75) is 39.7 Å². The second-order valence-corrected chi connectivity index (χ2v) is 4.92. The van der Waals surface area contributed by atoms with Gasteiger partial charge in [-0.2, -0.15) is 5.10 Å². The average Bonchev–Trinajstić information content (AvgIpc) is 2.95. The average molecular weight is 234 g/mol. The largest absolute Gasteiger partial charge is 0.269 e. The molecule has 86 valence electrons. The fourth-order valence-corrected chi connectivity index (χ4v) is 2.54. The van der Waals surface area contributed by atoms with Gasteiger partial charge in [-0.15, -0.1) is 11.3 Å². The first-order valence-corrected chi connectivity index (χ1v) is 6.79. The molecule has 0 saturated carbocycles. The zero-order valence-corrected chi connectivity index (χ0v) is 10.8. The fraction of sp³-hybridized carbons (Fsp3) is 0.462. The van der Waals surface area contributed by atoms with Gasteiger partial charge in [0.1, 0.15) is 0 Å². The van der Waals surface area contributed by atoms with Gasteiger partial charge in [-0.1, -0.05) is 19.9 Å². The van der Waals surface area contributed by atoms with Crippen LogP contribution in [0, 0.1) is 0 Å². The lowest BCUT2D eigenvalue weighted by molar-refractivity contribution is 0.584. The van der Waals surface area contributed by atoms with Crippen LogP contribution < -0.4 is 0 Å². The van der Waals surface area contributed by atoms with E-state index in [0.717, 1.165) is 25.8 Å². The minimum Gasteiger partial charge on any atom is -0.269 e. The highest BCUT2D eigenvalue weighted by Crippen LogP contribution is 2.12. The molecule has 0 bridgehead atoms. The quantitative estimate of drug-likeness (QED) is 0.776. The molecule has 0 saturated heterocycles. The number of thiophene rings is 1. The van der Waals surface area contributed by atoms with E-state index in [9.17, 15) is 0 Å². The lowest BCUT2D eigenvalue weighted by Crippen LogP contribution is -2.06. The summed E-state index contributed by atoms with van der Waals surface area (Å²) in [5, 5.41) is 6.76. The number of aromatic nitrogens is 2. The van der Waals surface area contributed by atoms with E-state index in [2.05, 4.69) is 47.2 Å². The molecule has 0 aliphatic rings. The summed E-state index contributed by atoms with van der Waals surface area (Å²) in [5.74, 6) is 0. The monoisotopic (exact) mass is 234 g/mol. The molecule has 0 radical (unpaired) electrons. The molecule has 2 nitrogen and oxygen atoms in total. The smallest absolute Gasteiger partial charge is 0.0624 e. The number of rotatable bonds is 5. The third-order valence-corrected chi connectivity index (χ3v) is 3.72. The van der Waals surface area contributed by atoms with Gasteiger partial charge in [-0.05, 0) is 30.4 Å². The normalized spacial score (nSPS) is 10.9. The van der Waals surface area contributed by atoms with Crippen molar-refractivity contribution in [1.29, 1.82) is 0 Å². The maximum Gasteiger partial charge on any atom is 0.0624 e. The Bertz CT molecular complexity index is 429. The van der Waals surface area contributed by atoms with Crippen molar-refractivity contribution in [3.8, 4) is 0 Å². The highest BCUT2D eigenvalue weighted by Gasteiger charge is 2.05. The lowest BCUT2D eigenvalue weighted by Gasteiger charge is -2.04. The van der Waals surface area contributed by atoms with Crippen molar-refractivity contribution >= 4 is 11.3 Å². The van der Waals surface area contributed by atoms with Crippen molar-refractivity contribution in [1.82, 2.24) is 9.78 Å². The summed E-state index contributed by atoms with van der Waals surface area (Å²) < 4.78 is 2.17. The maximum absolute atomic E-state index is 4.62. The Morgan fingerprint density at radius 1 is 1.31 bits per heavy atom. The molecule has 0 aromatic carbocycles. The van der Waals surface area contributed by atoms with E-state index in [0.29, 0.717) is 0 Å². The molecule has 0 amide bonds. The minimum absolute atomic E-state index is 1.00. The molecule has 0 aliphatic heterocycles. The van der Waals surface area contributed by atoms with E-state index in [-0.39, 0.29) is 0 Å². The highest BCUT2D eigenvalue weighted by molar-refractivity contribution is 7.09. The Morgan fingerprint density at radius 3 is 2.81 bits per heavy atom. The van der Waals surface area contributed by atoms with Gasteiger partial charge in [0.05, 0.1) is 5.69 Å². The second-order valence-electron chi connectivity index (χ2n) is 3.89. The van der Waals surface area contributed by atoms with Crippen LogP contribution in [-0.4, -0.2) is 9.78 Å². The fourth-order valence-electron chi connectivity index (χ4n) is 1.84. The third kappa shape index (κ3) is 2.53. The predicted molar refractivity (Wildman–Crippen MR) is 69.0 cm³/mol. The maximum atomic E-state index is 4.62. The number of nitrogens with zero attached hydrogens (tertiary/aromatic N) is 2. The van der Waals surface area contributed by atoms with Crippen molar-refractivity contribution in [3.05, 3.63) is 39.8 Å². The molecule has 0 fully saturated rings. The predicted octanol–water partition coefficient (Wildman–Crippen LogP) is 3.31. The van der Waals surface area contributed by atoms with Crippen molar-refractivity contribution in [2.75, 3.05) is 0 Å². The Labute approximate surface area is 101 Å². The number of hydrogen-bond acceptors (Lipinski definition) is 2. The molecule has 0 unspecified atom stereocenters. The van der Waals surface area contributed by atoms with Crippen LogP contribution in [0.1, 0.15) is 30.1 Å². The topological polar surface area (TPSA) is 17.8 Å². The molecule has 2 heterocycles. The lowest BCUT2D eigenvalue weighted by atomic mass is 10.2. The van der Waals surface area contributed by atoms with Crippen LogP contribution in [0.2, 0.25) is 0 Å². The molecular weight excluding hydrogens is 216 g/mol. The van der Waals surface area contributed by atoms with Crippen LogP contribution in [-0.2, 0) is 25.8 Å². The van der Waals surface area contributed by atoms with E-state index in [1.165, 1.54) is 16.3 Å². The second kappa shape index (κ2) is 5.30. The first-order valence-electron chi connectivity index (χ1n) is 5.91. The molecule has 0 atom stereocenters. The molecule has 16 heavy (non-hydrogen) atoms. The van der Waals surface area contributed by atoms with Crippen LogP contribution in [0.3, 0.4) is 0 Å². The molecule has 2 aromatic rings. The van der Waals surface area contributed by atoms with Gasteiger partial charge >= 0.3 is 0 Å². The van der Waals surface area contributed by atoms with Gasteiger partial charge < -0.3 is 0 Å². The Kier molecular flexibility index (Phi) is 3.78. The van der Waals surface area contributed by atoms with Crippen LogP contribution >= 0.6 is 11.3 Å². The van der Waals surface area contributed by atoms with Gasteiger partial charge in [0.25, 0.3) is 0 Å². The van der Waals surface area contributed by atoms with Gasteiger partial charge in [0.15, 0.2) is 0 Å². The summed E-state index contributed by atoms with van der Waals surface area (Å²) in [6.45, 7) is 5.35. The Hall–Kier alpha value is -1.09. The molecule has 2 aromatic heterocycles. The summed E-state index contributed by atoms with van der Waals surface area (Å²) in [6, 6.07) is 6.54. The van der Waals surface area contributed by atoms with Gasteiger partial charge in [0.2, 0.25) is 0 Å². The van der Waals surface area contributed by atoms with Crippen molar-refractivity contribution in [3.63, 3.8) is 0 Å². The van der Waals surface area contributed by atoms with Crippen LogP contribution in [0.25, 0.3) is 0 Å². The van der Waals surface area contributed by atoms with Gasteiger partial charge in [0, 0.05) is 23.5 Å². The first kappa shape index (κ1) is 11.4. The molecule has 2 rings (SSSR count). The number of aryl methyl sites for hydroxylation is 4. The third-order valence-electron chi connectivity index (χ3n) is 2.79. The summed E-state index contributed by atoms with van der Waals surface area (Å²) in [5.41, 5.74) is 2.57. The zero-order valence-electron chi connectivity index (χ0n) is 9.94. The van der Waals surface area contributed by atoms with E-state index >= 15 is 0 Å². The van der Waals surface area contributed by atoms with Gasteiger partial charge in [-0.3, -0.25) is 4.68 Å². The molecule has 0 spiro atoms. The van der Waals surface area contributed by atoms with Crippen LogP contribution in [0.5, 0.6) is 0 Å². The molecule has 0 aliphatic carbocycles. The van der Waals surface area contributed by atoms with E-state index in [1.54, 1.807) is 0 Å². The highest BCUT2D eigenvalue weighted by atomic mass is 32.1. The van der Waals surface area contributed by atoms with Gasteiger partial charge in [-0.25, -0.2) is 0 Å². The Balaban J connectivity index is 2.05. The van der Waals surface area contributed by atoms with E-state index in [4.69, 9.17) is 0 Å². The summed E-state index contributed by atoms with van der Waals surface area (Å²) in [6.07, 6.45) is 3.19. The minimum atomic E-state index is 1.00. The Morgan fingerprint density at radius 2 is 2.19 bits per heavy atom. The summed E-state index contributed by atoms with van der Waals surface area (Å²) >= 11 is 1.83. The summed E-state index contributed by atoms with van der Waals surface area (Å²) in [7, 11) is 0. The zero-order chi connectivity index (χ0) is 11.4. The summed E-state index contributed by atoms with van der Waals surface area (Å²) in [4.78, 5) is 1.44. The SMILES string of the molecule is CCc1cc(CC)n(CCc2cccs2)n1. The number of hydrogen-bond donors (Lipinski definition) is 0. The van der Waals surface area contributed by atoms with Crippen LogP contribution in [0.15, 0.2) is 23.6 Å². The molecule has 0 N–H and O–H groups in total. The standard InChI is InChI=1S/C13H18N2S/c1-3-11-10-12(4-2)15(14-11)8-7-13-6-5-9-16-13/h5-6,9-10H,3-4,7-8H2,1-2H3.